The fourth-order valence-corrected chi connectivity index (χ4v) is 3.80. The third-order valence-corrected chi connectivity index (χ3v) is 5.30. The summed E-state index contributed by atoms with van der Waals surface area (Å²) in [5.74, 6) is 2.27. The van der Waals surface area contributed by atoms with E-state index in [0.29, 0.717) is 18.6 Å². The average molecular weight is 375 g/mol. The lowest BCUT2D eigenvalue weighted by atomic mass is 9.98. The first-order valence-corrected chi connectivity index (χ1v) is 10.4. The Morgan fingerprint density at radius 3 is 2.93 bits per heavy atom. The summed E-state index contributed by atoms with van der Waals surface area (Å²) in [4.78, 5) is 11.4. The minimum Gasteiger partial charge on any atom is -0.474 e. The van der Waals surface area contributed by atoms with Gasteiger partial charge in [-0.2, -0.15) is 0 Å². The van der Waals surface area contributed by atoms with Gasteiger partial charge < -0.3 is 19.7 Å². The summed E-state index contributed by atoms with van der Waals surface area (Å²) in [7, 11) is 2.10. The normalized spacial score (nSPS) is 21.3. The molecule has 1 aromatic rings. The van der Waals surface area contributed by atoms with Gasteiger partial charge in [-0.1, -0.05) is 6.42 Å². The zero-order chi connectivity index (χ0) is 18.9. The SMILES string of the molecule is CCNC(=NCc1ccnc(OC2CCCCC2)c1)N(C)CC1CCOC1. The second-order valence-corrected chi connectivity index (χ2v) is 7.66. The predicted molar refractivity (Wildman–Crippen MR) is 108 cm³/mol. The molecule has 1 saturated carbocycles. The highest BCUT2D eigenvalue weighted by atomic mass is 16.5. The number of rotatable bonds is 7. The molecule has 1 saturated heterocycles. The van der Waals surface area contributed by atoms with Crippen molar-refractivity contribution in [2.24, 2.45) is 10.9 Å². The molecule has 1 aliphatic carbocycles. The Kier molecular flexibility index (Phi) is 7.75. The molecular weight excluding hydrogens is 340 g/mol. The molecule has 0 amide bonds. The highest BCUT2D eigenvalue weighted by Crippen LogP contribution is 2.22. The van der Waals surface area contributed by atoms with E-state index < -0.39 is 0 Å². The van der Waals surface area contributed by atoms with Gasteiger partial charge in [0.15, 0.2) is 5.96 Å². The number of aliphatic imine (C=N–C) groups is 1. The first-order valence-electron chi connectivity index (χ1n) is 10.4. The first-order chi connectivity index (χ1) is 13.2. The number of hydrogen-bond donors (Lipinski definition) is 1. The van der Waals surface area contributed by atoms with E-state index in [9.17, 15) is 0 Å². The van der Waals surface area contributed by atoms with Crippen LogP contribution in [0.3, 0.4) is 0 Å². The van der Waals surface area contributed by atoms with Crippen molar-refractivity contribution in [3.8, 4) is 5.88 Å². The van der Waals surface area contributed by atoms with Gasteiger partial charge in [0.1, 0.15) is 6.10 Å². The van der Waals surface area contributed by atoms with Gasteiger partial charge in [-0.3, -0.25) is 0 Å². The minimum atomic E-state index is 0.321. The lowest BCUT2D eigenvalue weighted by Crippen LogP contribution is -2.41. The Hall–Kier alpha value is -1.82. The van der Waals surface area contributed by atoms with Crippen LogP contribution >= 0.6 is 0 Å². The van der Waals surface area contributed by atoms with Crippen LogP contribution in [0.25, 0.3) is 0 Å². The summed E-state index contributed by atoms with van der Waals surface area (Å²) in [6, 6.07) is 4.05. The van der Waals surface area contributed by atoms with Crippen molar-refractivity contribution < 1.29 is 9.47 Å². The molecule has 0 bridgehead atoms. The van der Waals surface area contributed by atoms with Crippen molar-refractivity contribution in [3.63, 3.8) is 0 Å². The van der Waals surface area contributed by atoms with E-state index in [-0.39, 0.29) is 0 Å². The van der Waals surface area contributed by atoms with Crippen LogP contribution in [0.15, 0.2) is 23.3 Å². The zero-order valence-electron chi connectivity index (χ0n) is 16.8. The lowest BCUT2D eigenvalue weighted by Gasteiger charge is -2.24. The van der Waals surface area contributed by atoms with E-state index >= 15 is 0 Å². The Balaban J connectivity index is 1.58. The van der Waals surface area contributed by atoms with Crippen molar-refractivity contribution in [2.75, 3.05) is 33.4 Å². The lowest BCUT2D eigenvalue weighted by molar-refractivity contribution is 0.148. The topological polar surface area (TPSA) is 59.0 Å². The molecule has 6 nitrogen and oxygen atoms in total. The fourth-order valence-electron chi connectivity index (χ4n) is 3.80. The number of guanidine groups is 1. The summed E-state index contributed by atoms with van der Waals surface area (Å²) < 4.78 is 11.6. The molecular formula is C21H34N4O2. The fraction of sp³-hybridized carbons (Fsp3) is 0.714. The van der Waals surface area contributed by atoms with Gasteiger partial charge in [-0.05, 0) is 50.7 Å². The number of pyridine rings is 1. The summed E-state index contributed by atoms with van der Waals surface area (Å²) in [6.45, 7) is 6.29. The number of hydrogen-bond acceptors (Lipinski definition) is 4. The van der Waals surface area contributed by atoms with Crippen molar-refractivity contribution in [1.82, 2.24) is 15.2 Å². The van der Waals surface area contributed by atoms with Crippen LogP contribution in [0, 0.1) is 5.92 Å². The van der Waals surface area contributed by atoms with Crippen LogP contribution in [0.4, 0.5) is 0 Å². The van der Waals surface area contributed by atoms with Crippen molar-refractivity contribution in [3.05, 3.63) is 23.9 Å². The Bertz CT molecular complexity index is 596. The molecule has 1 atom stereocenters. The van der Waals surface area contributed by atoms with E-state index in [1.807, 2.05) is 18.3 Å². The molecule has 2 fully saturated rings. The van der Waals surface area contributed by atoms with Gasteiger partial charge >= 0.3 is 0 Å². The summed E-state index contributed by atoms with van der Waals surface area (Å²) in [5.41, 5.74) is 1.13. The maximum atomic E-state index is 6.09. The molecule has 6 heteroatoms. The molecule has 3 rings (SSSR count). The average Bonchev–Trinajstić information content (AvgIpc) is 3.19. The smallest absolute Gasteiger partial charge is 0.213 e. The van der Waals surface area contributed by atoms with Crippen LogP contribution in [0.2, 0.25) is 0 Å². The van der Waals surface area contributed by atoms with E-state index in [1.54, 1.807) is 0 Å². The molecule has 1 aromatic heterocycles. The van der Waals surface area contributed by atoms with E-state index in [1.165, 1.54) is 19.3 Å². The van der Waals surface area contributed by atoms with Crippen molar-refractivity contribution >= 4 is 5.96 Å². The highest BCUT2D eigenvalue weighted by Gasteiger charge is 2.19. The van der Waals surface area contributed by atoms with Gasteiger partial charge in [0.05, 0.1) is 13.2 Å². The third kappa shape index (κ3) is 6.38. The maximum Gasteiger partial charge on any atom is 0.213 e. The van der Waals surface area contributed by atoms with E-state index in [0.717, 1.165) is 63.0 Å². The number of ether oxygens (including phenoxy) is 2. The van der Waals surface area contributed by atoms with Crippen molar-refractivity contribution in [1.29, 1.82) is 0 Å². The van der Waals surface area contributed by atoms with Crippen LogP contribution in [-0.2, 0) is 11.3 Å². The predicted octanol–water partition coefficient (Wildman–Crippen LogP) is 3.23. The standard InChI is InChI=1S/C21H34N4O2/c1-3-22-21(25(2)15-18-10-12-26-16-18)24-14-17-9-11-23-20(13-17)27-19-7-5-4-6-8-19/h9,11,13,18-19H,3-8,10,12,14-16H2,1-2H3,(H,22,24). The van der Waals surface area contributed by atoms with Crippen LogP contribution in [0.5, 0.6) is 5.88 Å². The molecule has 27 heavy (non-hydrogen) atoms. The number of nitrogens with one attached hydrogen (secondary N) is 1. The second kappa shape index (κ2) is 10.5. The monoisotopic (exact) mass is 374 g/mol. The summed E-state index contributed by atoms with van der Waals surface area (Å²) >= 11 is 0. The Morgan fingerprint density at radius 1 is 1.33 bits per heavy atom. The van der Waals surface area contributed by atoms with Gasteiger partial charge in [0.2, 0.25) is 5.88 Å². The molecule has 1 unspecified atom stereocenters. The molecule has 2 aliphatic rings. The van der Waals surface area contributed by atoms with Crippen molar-refractivity contribution in [2.45, 2.75) is 58.1 Å². The summed E-state index contributed by atoms with van der Waals surface area (Å²) in [5, 5.41) is 3.40. The van der Waals surface area contributed by atoms with Gasteiger partial charge in [-0.25, -0.2) is 9.98 Å². The quantitative estimate of drug-likeness (QED) is 0.587. The summed E-state index contributed by atoms with van der Waals surface area (Å²) in [6.07, 6.45) is 9.43. The Morgan fingerprint density at radius 2 is 2.19 bits per heavy atom. The van der Waals surface area contributed by atoms with Gasteiger partial charge in [0, 0.05) is 44.9 Å². The maximum absolute atomic E-state index is 6.09. The highest BCUT2D eigenvalue weighted by molar-refractivity contribution is 5.79. The number of aromatic nitrogens is 1. The van der Waals surface area contributed by atoms with Crippen LogP contribution < -0.4 is 10.1 Å². The molecule has 0 radical (unpaired) electrons. The number of nitrogens with zero attached hydrogens (tertiary/aromatic N) is 3. The third-order valence-electron chi connectivity index (χ3n) is 5.30. The minimum absolute atomic E-state index is 0.321. The van der Waals surface area contributed by atoms with E-state index in [4.69, 9.17) is 14.5 Å². The van der Waals surface area contributed by atoms with Gasteiger partial charge in [-0.15, -0.1) is 0 Å². The molecule has 1 aliphatic heterocycles. The van der Waals surface area contributed by atoms with Gasteiger partial charge in [0.25, 0.3) is 0 Å². The van der Waals surface area contributed by atoms with E-state index in [2.05, 4.69) is 29.2 Å². The molecule has 2 heterocycles. The molecule has 1 N–H and O–H groups in total. The first kappa shape index (κ1) is 19.9. The second-order valence-electron chi connectivity index (χ2n) is 7.66. The van der Waals surface area contributed by atoms with Crippen LogP contribution in [-0.4, -0.2) is 55.3 Å². The largest absolute Gasteiger partial charge is 0.474 e. The Labute approximate surface area is 163 Å². The molecule has 150 valence electrons. The zero-order valence-corrected chi connectivity index (χ0v) is 16.8. The van der Waals surface area contributed by atoms with Crippen LogP contribution in [0.1, 0.15) is 51.0 Å². The molecule has 0 spiro atoms. The molecule has 0 aromatic carbocycles.